The summed E-state index contributed by atoms with van der Waals surface area (Å²) >= 11 is 0. The molecule has 4 nitrogen and oxygen atoms in total. The van der Waals surface area contributed by atoms with Gasteiger partial charge in [0.2, 0.25) is 5.91 Å². The molecule has 4 heteroatoms. The first-order valence-electron chi connectivity index (χ1n) is 6.30. The second kappa shape index (κ2) is 5.40. The van der Waals surface area contributed by atoms with Gasteiger partial charge < -0.3 is 15.8 Å². The summed E-state index contributed by atoms with van der Waals surface area (Å²) in [7, 11) is 1.68. The molecule has 0 atom stereocenters. The Kier molecular flexibility index (Phi) is 3.87. The van der Waals surface area contributed by atoms with E-state index in [4.69, 9.17) is 10.5 Å². The number of carbonyl (C=O) groups is 1. The highest BCUT2D eigenvalue weighted by atomic mass is 16.5. The van der Waals surface area contributed by atoms with E-state index in [1.165, 1.54) is 0 Å². The fourth-order valence-electron chi connectivity index (χ4n) is 2.28. The van der Waals surface area contributed by atoms with Gasteiger partial charge in [-0.2, -0.15) is 0 Å². The summed E-state index contributed by atoms with van der Waals surface area (Å²) in [5, 5.41) is 2.91. The number of nitrogen functional groups attached to an aromatic ring is 1. The van der Waals surface area contributed by atoms with Crippen molar-refractivity contribution < 1.29 is 9.53 Å². The van der Waals surface area contributed by atoms with Gasteiger partial charge >= 0.3 is 0 Å². The lowest BCUT2D eigenvalue weighted by Gasteiger charge is -2.39. The predicted molar refractivity (Wildman–Crippen MR) is 70.9 cm³/mol. The van der Waals surface area contributed by atoms with Crippen molar-refractivity contribution in [2.45, 2.75) is 37.8 Å². The van der Waals surface area contributed by atoms with Crippen LogP contribution in [-0.2, 0) is 16.1 Å². The number of nitrogens with two attached hydrogens (primary N) is 1. The standard InChI is InChI=1S/C14H20N2O2/c1-18-14(6-3-7-14)9-13(17)16-10-11-4-2-5-12(15)8-11/h2,4-5,8H,3,6-7,9-10,15H2,1H3,(H,16,17). The lowest BCUT2D eigenvalue weighted by Crippen LogP contribution is -2.43. The Bertz CT molecular complexity index is 422. The van der Waals surface area contributed by atoms with E-state index in [0.29, 0.717) is 18.7 Å². The Morgan fingerprint density at radius 3 is 2.83 bits per heavy atom. The molecule has 0 spiro atoms. The molecular formula is C14H20N2O2. The van der Waals surface area contributed by atoms with Crippen LogP contribution in [0.1, 0.15) is 31.2 Å². The molecule has 0 heterocycles. The summed E-state index contributed by atoms with van der Waals surface area (Å²) in [6.07, 6.45) is 3.56. The molecule has 18 heavy (non-hydrogen) atoms. The average Bonchev–Trinajstić information content (AvgIpc) is 2.31. The Labute approximate surface area is 108 Å². The molecule has 3 N–H and O–H groups in total. The molecular weight excluding hydrogens is 228 g/mol. The number of ether oxygens (including phenoxy) is 1. The molecule has 0 radical (unpaired) electrons. The normalized spacial score (nSPS) is 16.9. The third-order valence-corrected chi connectivity index (χ3v) is 3.62. The van der Waals surface area contributed by atoms with Crippen LogP contribution < -0.4 is 11.1 Å². The van der Waals surface area contributed by atoms with Crippen molar-refractivity contribution in [3.05, 3.63) is 29.8 Å². The van der Waals surface area contributed by atoms with Crippen molar-refractivity contribution in [3.63, 3.8) is 0 Å². The Morgan fingerprint density at radius 2 is 2.28 bits per heavy atom. The monoisotopic (exact) mass is 248 g/mol. The van der Waals surface area contributed by atoms with Crippen LogP contribution in [0.2, 0.25) is 0 Å². The highest BCUT2D eigenvalue weighted by molar-refractivity contribution is 5.77. The van der Waals surface area contributed by atoms with Crippen LogP contribution in [0, 0.1) is 0 Å². The SMILES string of the molecule is COC1(CC(=O)NCc2cccc(N)c2)CCC1. The van der Waals surface area contributed by atoms with Gasteiger partial charge in [0.25, 0.3) is 0 Å². The zero-order valence-corrected chi connectivity index (χ0v) is 10.7. The predicted octanol–water partition coefficient (Wildman–Crippen LogP) is 1.84. The Hall–Kier alpha value is -1.55. The van der Waals surface area contributed by atoms with E-state index in [1.807, 2.05) is 24.3 Å². The van der Waals surface area contributed by atoms with Gasteiger partial charge in [-0.15, -0.1) is 0 Å². The molecule has 2 rings (SSSR count). The number of nitrogens with one attached hydrogen (secondary N) is 1. The molecule has 98 valence electrons. The number of rotatable bonds is 5. The van der Waals surface area contributed by atoms with E-state index in [9.17, 15) is 4.79 Å². The average molecular weight is 248 g/mol. The van der Waals surface area contributed by atoms with Crippen LogP contribution in [-0.4, -0.2) is 18.6 Å². The van der Waals surface area contributed by atoms with Gasteiger partial charge in [-0.1, -0.05) is 12.1 Å². The quantitative estimate of drug-likeness (QED) is 0.781. The molecule has 0 saturated heterocycles. The van der Waals surface area contributed by atoms with Gasteiger partial charge in [0.15, 0.2) is 0 Å². The minimum absolute atomic E-state index is 0.0407. The van der Waals surface area contributed by atoms with Gasteiger partial charge in [0.1, 0.15) is 0 Å². The molecule has 0 bridgehead atoms. The molecule has 1 amide bonds. The summed E-state index contributed by atoms with van der Waals surface area (Å²) in [5.74, 6) is 0.0407. The van der Waals surface area contributed by atoms with Crippen molar-refractivity contribution in [2.75, 3.05) is 12.8 Å². The number of carbonyl (C=O) groups excluding carboxylic acids is 1. The Balaban J connectivity index is 1.81. The first kappa shape index (κ1) is 12.9. The number of benzene rings is 1. The van der Waals surface area contributed by atoms with E-state index < -0.39 is 0 Å². The van der Waals surface area contributed by atoms with Crippen LogP contribution in [0.15, 0.2) is 24.3 Å². The summed E-state index contributed by atoms with van der Waals surface area (Å²) in [6.45, 7) is 0.518. The molecule has 1 aliphatic rings. The first-order chi connectivity index (χ1) is 8.63. The molecule has 1 aromatic carbocycles. The topological polar surface area (TPSA) is 64.3 Å². The van der Waals surface area contributed by atoms with Gasteiger partial charge in [-0.25, -0.2) is 0 Å². The number of methoxy groups -OCH3 is 1. The maximum Gasteiger partial charge on any atom is 0.223 e. The summed E-state index contributed by atoms with van der Waals surface area (Å²) in [4.78, 5) is 11.8. The summed E-state index contributed by atoms with van der Waals surface area (Å²) in [5.41, 5.74) is 7.21. The van der Waals surface area contributed by atoms with Gasteiger partial charge in [0.05, 0.1) is 12.0 Å². The smallest absolute Gasteiger partial charge is 0.223 e. The van der Waals surface area contributed by atoms with Gasteiger partial charge in [0, 0.05) is 19.3 Å². The highest BCUT2D eigenvalue weighted by Crippen LogP contribution is 2.37. The molecule has 1 saturated carbocycles. The lowest BCUT2D eigenvalue weighted by atomic mass is 9.77. The highest BCUT2D eigenvalue weighted by Gasteiger charge is 2.38. The lowest BCUT2D eigenvalue weighted by molar-refractivity contribution is -0.134. The Morgan fingerprint density at radius 1 is 1.50 bits per heavy atom. The van der Waals surface area contributed by atoms with Crippen molar-refractivity contribution in [1.82, 2.24) is 5.32 Å². The number of anilines is 1. The molecule has 0 unspecified atom stereocenters. The third-order valence-electron chi connectivity index (χ3n) is 3.62. The molecule has 1 fully saturated rings. The van der Waals surface area contributed by atoms with Crippen molar-refractivity contribution >= 4 is 11.6 Å². The van der Waals surface area contributed by atoms with Crippen molar-refractivity contribution in [2.24, 2.45) is 0 Å². The first-order valence-corrected chi connectivity index (χ1v) is 6.30. The third kappa shape index (κ3) is 3.01. The van der Waals surface area contributed by atoms with Crippen LogP contribution in [0.5, 0.6) is 0 Å². The molecule has 0 aliphatic heterocycles. The summed E-state index contributed by atoms with van der Waals surface area (Å²) in [6, 6.07) is 7.54. The van der Waals surface area contributed by atoms with Crippen LogP contribution >= 0.6 is 0 Å². The van der Waals surface area contributed by atoms with E-state index in [2.05, 4.69) is 5.32 Å². The fourth-order valence-corrected chi connectivity index (χ4v) is 2.28. The molecule has 1 aromatic rings. The minimum Gasteiger partial charge on any atom is -0.399 e. The second-order valence-corrected chi connectivity index (χ2v) is 4.94. The number of hydrogen-bond acceptors (Lipinski definition) is 3. The van der Waals surface area contributed by atoms with Crippen LogP contribution in [0.4, 0.5) is 5.69 Å². The summed E-state index contributed by atoms with van der Waals surface area (Å²) < 4.78 is 5.43. The van der Waals surface area contributed by atoms with Crippen LogP contribution in [0.25, 0.3) is 0 Å². The van der Waals surface area contributed by atoms with Crippen molar-refractivity contribution in [1.29, 1.82) is 0 Å². The van der Waals surface area contributed by atoms with Gasteiger partial charge in [-0.3, -0.25) is 4.79 Å². The van der Waals surface area contributed by atoms with E-state index in [-0.39, 0.29) is 11.5 Å². The van der Waals surface area contributed by atoms with E-state index in [1.54, 1.807) is 7.11 Å². The molecule has 0 aromatic heterocycles. The molecule has 1 aliphatic carbocycles. The van der Waals surface area contributed by atoms with E-state index >= 15 is 0 Å². The van der Waals surface area contributed by atoms with E-state index in [0.717, 1.165) is 24.8 Å². The van der Waals surface area contributed by atoms with Crippen molar-refractivity contribution in [3.8, 4) is 0 Å². The fraction of sp³-hybridized carbons (Fsp3) is 0.500. The number of hydrogen-bond donors (Lipinski definition) is 2. The largest absolute Gasteiger partial charge is 0.399 e. The maximum atomic E-state index is 11.8. The minimum atomic E-state index is -0.209. The second-order valence-electron chi connectivity index (χ2n) is 4.94. The zero-order valence-electron chi connectivity index (χ0n) is 10.7. The zero-order chi connectivity index (χ0) is 13.0. The van der Waals surface area contributed by atoms with Crippen LogP contribution in [0.3, 0.4) is 0 Å². The maximum absolute atomic E-state index is 11.8. The number of amides is 1. The van der Waals surface area contributed by atoms with Gasteiger partial charge in [-0.05, 0) is 37.0 Å².